The fraction of sp³-hybridized carbons (Fsp3) is 0.0833. The minimum Gasteiger partial charge on any atom is -0.324 e. The molecule has 1 aliphatic heterocycles. The first kappa shape index (κ1) is 21.2. The third-order valence-electron chi connectivity index (χ3n) is 5.32. The molecule has 5 rings (SSSR count). The quantitative estimate of drug-likeness (QED) is 0.417. The maximum Gasteiger partial charge on any atom is 0.264 e. The number of aromatic nitrogens is 3. The first-order valence-corrected chi connectivity index (χ1v) is 12.1. The van der Waals surface area contributed by atoms with Crippen molar-refractivity contribution in [3.63, 3.8) is 0 Å². The zero-order valence-electron chi connectivity index (χ0n) is 17.6. The zero-order valence-corrected chi connectivity index (χ0v) is 19.2. The van der Waals surface area contributed by atoms with E-state index >= 15 is 0 Å². The number of halogens is 1. The lowest BCUT2D eigenvalue weighted by Crippen LogP contribution is -2.20. The van der Waals surface area contributed by atoms with Crippen LogP contribution in [0.2, 0.25) is 5.02 Å². The summed E-state index contributed by atoms with van der Waals surface area (Å²) in [5, 5.41) is 8.37. The van der Waals surface area contributed by atoms with Gasteiger partial charge in [0.25, 0.3) is 16.0 Å². The fourth-order valence-electron chi connectivity index (χ4n) is 3.62. The van der Waals surface area contributed by atoms with Crippen LogP contribution >= 0.6 is 11.6 Å². The van der Waals surface area contributed by atoms with Gasteiger partial charge < -0.3 is 5.32 Å². The number of fused-ring (bicyclic) bond motifs is 1. The molecule has 33 heavy (non-hydrogen) atoms. The van der Waals surface area contributed by atoms with Crippen LogP contribution in [-0.4, -0.2) is 23.2 Å². The minimum absolute atomic E-state index is 0.00948. The topological polar surface area (TPSA) is 88.9 Å². The maximum atomic E-state index is 12.8. The molecule has 2 heterocycles. The zero-order chi connectivity index (χ0) is 23.0. The number of rotatable bonds is 5. The van der Waals surface area contributed by atoms with E-state index in [4.69, 9.17) is 11.6 Å². The molecule has 1 atom stereocenters. The molecular weight excluding hydrogens is 458 g/mol. The van der Waals surface area contributed by atoms with Crippen molar-refractivity contribution < 1.29 is 8.42 Å². The molecule has 0 saturated carbocycles. The lowest BCUT2D eigenvalue weighted by molar-refractivity contribution is 0.598. The monoisotopic (exact) mass is 477 g/mol. The number of nitrogens with one attached hydrogen (secondary N) is 2. The number of hydrogen-bond donors (Lipinski definition) is 2. The standard InChI is InChI=1S/C24H20ClN5O2S/c1-16-7-13-20(14-8-16)33(31,32)29-23-27-24-26-21(17-9-11-19(25)12-10-17)15-22(30(24)28-23)18-5-3-2-4-6-18/h2-15,22H,1H3,(H2,26,27,28,29). The van der Waals surface area contributed by atoms with Crippen LogP contribution in [0.4, 0.5) is 11.9 Å². The Bertz CT molecular complexity index is 1430. The number of aryl methyl sites for hydroxylation is 1. The van der Waals surface area contributed by atoms with Crippen LogP contribution in [0.15, 0.2) is 89.8 Å². The van der Waals surface area contributed by atoms with E-state index in [1.165, 1.54) is 0 Å². The van der Waals surface area contributed by atoms with Gasteiger partial charge in [0.1, 0.15) is 6.04 Å². The first-order chi connectivity index (χ1) is 15.9. The SMILES string of the molecule is Cc1ccc(S(=O)(=O)Nc2nc3n(n2)C(c2ccccc2)C=C(c2ccc(Cl)cc2)N3)cc1. The summed E-state index contributed by atoms with van der Waals surface area (Å²) in [6.07, 6.45) is 2.03. The number of allylic oxidation sites excluding steroid dienone is 1. The van der Waals surface area contributed by atoms with Gasteiger partial charge in [0.05, 0.1) is 4.90 Å². The van der Waals surface area contributed by atoms with Crippen LogP contribution in [0.25, 0.3) is 5.70 Å². The Morgan fingerprint density at radius 3 is 2.36 bits per heavy atom. The number of nitrogens with zero attached hydrogens (tertiary/aromatic N) is 3. The van der Waals surface area contributed by atoms with Crippen LogP contribution in [-0.2, 0) is 10.0 Å². The van der Waals surface area contributed by atoms with Gasteiger partial charge in [0.15, 0.2) is 0 Å². The summed E-state index contributed by atoms with van der Waals surface area (Å²) < 4.78 is 29.9. The van der Waals surface area contributed by atoms with Gasteiger partial charge in [-0.3, -0.25) is 0 Å². The van der Waals surface area contributed by atoms with Gasteiger partial charge in [-0.25, -0.2) is 17.8 Å². The molecule has 0 bridgehead atoms. The Hall–Kier alpha value is -3.62. The molecule has 166 valence electrons. The molecule has 4 aromatic rings. The molecular formula is C24H20ClN5O2S. The molecule has 1 aromatic heterocycles. The smallest absolute Gasteiger partial charge is 0.264 e. The predicted molar refractivity (Wildman–Crippen MR) is 130 cm³/mol. The average molecular weight is 478 g/mol. The molecule has 3 aromatic carbocycles. The Morgan fingerprint density at radius 1 is 0.970 bits per heavy atom. The van der Waals surface area contributed by atoms with E-state index in [-0.39, 0.29) is 16.9 Å². The second kappa shape index (κ2) is 8.38. The Balaban J connectivity index is 1.52. The van der Waals surface area contributed by atoms with Gasteiger partial charge in [-0.2, -0.15) is 4.98 Å². The van der Waals surface area contributed by atoms with Crippen molar-refractivity contribution in [1.29, 1.82) is 0 Å². The van der Waals surface area contributed by atoms with E-state index in [0.29, 0.717) is 11.0 Å². The highest BCUT2D eigenvalue weighted by atomic mass is 35.5. The van der Waals surface area contributed by atoms with Crippen molar-refractivity contribution in [3.05, 3.63) is 107 Å². The Labute approximate surface area is 196 Å². The summed E-state index contributed by atoms with van der Waals surface area (Å²) in [5.74, 6) is 0.419. The van der Waals surface area contributed by atoms with Gasteiger partial charge in [-0.15, -0.1) is 5.10 Å². The Kier molecular flexibility index (Phi) is 5.39. The van der Waals surface area contributed by atoms with Crippen molar-refractivity contribution in [2.75, 3.05) is 10.0 Å². The largest absolute Gasteiger partial charge is 0.324 e. The van der Waals surface area contributed by atoms with E-state index in [1.807, 2.05) is 67.6 Å². The highest BCUT2D eigenvalue weighted by molar-refractivity contribution is 7.92. The van der Waals surface area contributed by atoms with Crippen LogP contribution in [0.3, 0.4) is 0 Å². The lowest BCUT2D eigenvalue weighted by Gasteiger charge is -2.24. The molecule has 0 fully saturated rings. The van der Waals surface area contributed by atoms with E-state index in [1.54, 1.807) is 28.9 Å². The van der Waals surface area contributed by atoms with Crippen LogP contribution in [0.5, 0.6) is 0 Å². The molecule has 7 nitrogen and oxygen atoms in total. The van der Waals surface area contributed by atoms with Crippen LogP contribution in [0.1, 0.15) is 22.7 Å². The average Bonchev–Trinajstić information content (AvgIpc) is 3.21. The molecule has 2 N–H and O–H groups in total. The second-order valence-corrected chi connectivity index (χ2v) is 9.81. The highest BCUT2D eigenvalue weighted by Crippen LogP contribution is 2.33. The van der Waals surface area contributed by atoms with E-state index < -0.39 is 10.0 Å². The third kappa shape index (κ3) is 4.35. The van der Waals surface area contributed by atoms with Gasteiger partial charge in [0, 0.05) is 10.7 Å². The molecule has 0 spiro atoms. The second-order valence-electron chi connectivity index (χ2n) is 7.69. The van der Waals surface area contributed by atoms with Crippen molar-refractivity contribution in [2.45, 2.75) is 17.9 Å². The molecule has 0 amide bonds. The van der Waals surface area contributed by atoms with Gasteiger partial charge in [-0.1, -0.05) is 71.8 Å². The minimum atomic E-state index is -3.83. The van der Waals surface area contributed by atoms with E-state index in [9.17, 15) is 8.42 Å². The number of anilines is 2. The number of sulfonamides is 1. The fourth-order valence-corrected chi connectivity index (χ4v) is 4.68. The number of hydrogen-bond acceptors (Lipinski definition) is 5. The molecule has 9 heteroatoms. The van der Waals surface area contributed by atoms with Crippen molar-refractivity contribution in [2.24, 2.45) is 0 Å². The lowest BCUT2D eigenvalue weighted by atomic mass is 10.0. The summed E-state index contributed by atoms with van der Waals surface area (Å²) in [4.78, 5) is 4.58. The van der Waals surface area contributed by atoms with Crippen molar-refractivity contribution in [3.8, 4) is 0 Å². The van der Waals surface area contributed by atoms with E-state index in [0.717, 1.165) is 22.4 Å². The normalized spacial score (nSPS) is 15.3. The predicted octanol–water partition coefficient (Wildman–Crippen LogP) is 5.10. The Morgan fingerprint density at radius 2 is 1.67 bits per heavy atom. The van der Waals surface area contributed by atoms with Crippen LogP contribution < -0.4 is 10.0 Å². The summed E-state index contributed by atoms with van der Waals surface area (Å²) >= 11 is 6.05. The molecule has 0 saturated heterocycles. The third-order valence-corrected chi connectivity index (χ3v) is 6.92. The van der Waals surface area contributed by atoms with Crippen LogP contribution in [0, 0.1) is 6.92 Å². The molecule has 0 aliphatic carbocycles. The maximum absolute atomic E-state index is 12.8. The summed E-state index contributed by atoms with van der Waals surface area (Å²) in [6, 6.07) is 23.6. The summed E-state index contributed by atoms with van der Waals surface area (Å²) in [7, 11) is -3.83. The summed E-state index contributed by atoms with van der Waals surface area (Å²) in [6.45, 7) is 1.90. The van der Waals surface area contributed by atoms with Gasteiger partial charge >= 0.3 is 0 Å². The molecule has 1 unspecified atom stereocenters. The van der Waals surface area contributed by atoms with Crippen molar-refractivity contribution >= 4 is 39.2 Å². The first-order valence-electron chi connectivity index (χ1n) is 10.2. The van der Waals surface area contributed by atoms with Gasteiger partial charge in [0.2, 0.25) is 5.95 Å². The van der Waals surface area contributed by atoms with Gasteiger partial charge in [-0.05, 0) is 48.4 Å². The molecule has 0 radical (unpaired) electrons. The van der Waals surface area contributed by atoms with E-state index in [2.05, 4.69) is 20.1 Å². The van der Waals surface area contributed by atoms with Crippen molar-refractivity contribution in [1.82, 2.24) is 14.8 Å². The summed E-state index contributed by atoms with van der Waals surface area (Å²) in [5.41, 5.74) is 3.72. The number of benzene rings is 3. The highest BCUT2D eigenvalue weighted by Gasteiger charge is 2.27. The molecule has 1 aliphatic rings.